The molecule has 0 spiro atoms. The summed E-state index contributed by atoms with van der Waals surface area (Å²) in [6.07, 6.45) is 1.80. The molecular formula is C17H17FN4OS. The lowest BCUT2D eigenvalue weighted by Crippen LogP contribution is -2.37. The summed E-state index contributed by atoms with van der Waals surface area (Å²) in [7, 11) is 0. The van der Waals surface area contributed by atoms with Crippen LogP contribution >= 0.6 is 11.3 Å². The van der Waals surface area contributed by atoms with Gasteiger partial charge in [0.05, 0.1) is 13.2 Å². The van der Waals surface area contributed by atoms with Crippen LogP contribution < -0.4 is 10.2 Å². The number of nitrogens with zero attached hydrogens (tertiary/aromatic N) is 3. The van der Waals surface area contributed by atoms with Crippen LogP contribution in [0.15, 0.2) is 35.8 Å². The minimum absolute atomic E-state index is 0.238. The van der Waals surface area contributed by atoms with Crippen molar-refractivity contribution in [1.29, 1.82) is 0 Å². The van der Waals surface area contributed by atoms with E-state index in [1.54, 1.807) is 23.6 Å². The zero-order valence-corrected chi connectivity index (χ0v) is 13.9. The van der Waals surface area contributed by atoms with E-state index in [0.717, 1.165) is 34.6 Å². The molecule has 5 nitrogen and oxygen atoms in total. The Bertz CT molecular complexity index is 847. The zero-order chi connectivity index (χ0) is 16.4. The smallest absolute Gasteiger partial charge is 0.224 e. The molecule has 0 bridgehead atoms. The Hall–Kier alpha value is -2.25. The molecular weight excluding hydrogens is 327 g/mol. The van der Waals surface area contributed by atoms with Gasteiger partial charge in [0.15, 0.2) is 0 Å². The first-order valence-electron chi connectivity index (χ1n) is 7.85. The highest BCUT2D eigenvalue weighted by atomic mass is 32.1. The van der Waals surface area contributed by atoms with Crippen molar-refractivity contribution in [3.05, 3.63) is 47.2 Å². The minimum Gasteiger partial charge on any atom is -0.378 e. The van der Waals surface area contributed by atoms with E-state index >= 15 is 0 Å². The van der Waals surface area contributed by atoms with Crippen molar-refractivity contribution >= 4 is 33.2 Å². The van der Waals surface area contributed by atoms with Crippen molar-refractivity contribution in [2.24, 2.45) is 0 Å². The Balaban J connectivity index is 1.55. The fourth-order valence-corrected chi connectivity index (χ4v) is 3.56. The molecule has 3 aromatic rings. The number of hydrogen-bond donors (Lipinski definition) is 1. The molecule has 1 aromatic carbocycles. The van der Waals surface area contributed by atoms with Crippen LogP contribution in [0.4, 0.5) is 16.0 Å². The lowest BCUT2D eigenvalue weighted by molar-refractivity contribution is 0.122. The van der Waals surface area contributed by atoms with Gasteiger partial charge in [-0.3, -0.25) is 0 Å². The predicted octanol–water partition coefficient (Wildman–Crippen LogP) is 3.28. The Morgan fingerprint density at radius 3 is 3.00 bits per heavy atom. The topological polar surface area (TPSA) is 50.3 Å². The highest BCUT2D eigenvalue weighted by Crippen LogP contribution is 2.24. The highest BCUT2D eigenvalue weighted by Gasteiger charge is 2.15. The van der Waals surface area contributed by atoms with Crippen LogP contribution in [0.1, 0.15) is 5.56 Å². The predicted molar refractivity (Wildman–Crippen MR) is 94.2 cm³/mol. The summed E-state index contributed by atoms with van der Waals surface area (Å²) in [5.74, 6) is 0.320. The number of morpholine rings is 1. The van der Waals surface area contributed by atoms with Gasteiger partial charge in [-0.25, -0.2) is 14.4 Å². The van der Waals surface area contributed by atoms with E-state index in [1.165, 1.54) is 6.07 Å². The number of anilines is 2. The molecule has 0 atom stereocenters. The SMILES string of the molecule is Fc1ccc(N2CCOCC2)c(CNc2ncc3ccsc3n2)c1. The third kappa shape index (κ3) is 3.18. The van der Waals surface area contributed by atoms with Gasteiger partial charge in [-0.2, -0.15) is 0 Å². The van der Waals surface area contributed by atoms with Crippen LogP contribution in [-0.2, 0) is 11.3 Å². The number of hydrogen-bond acceptors (Lipinski definition) is 6. The third-order valence-corrected chi connectivity index (χ3v) is 4.86. The second kappa shape index (κ2) is 6.70. The standard InChI is InChI=1S/C17H17FN4OS/c18-14-1-2-15(22-4-6-23-7-5-22)13(9-14)11-20-17-19-10-12-3-8-24-16(12)21-17/h1-3,8-10H,4-7,11H2,(H,19,20,21). The maximum Gasteiger partial charge on any atom is 0.224 e. The van der Waals surface area contributed by atoms with E-state index in [2.05, 4.69) is 20.2 Å². The van der Waals surface area contributed by atoms with Gasteiger partial charge in [0.1, 0.15) is 10.6 Å². The number of benzene rings is 1. The molecule has 1 fully saturated rings. The molecule has 0 saturated carbocycles. The Morgan fingerprint density at radius 1 is 1.25 bits per heavy atom. The maximum atomic E-state index is 13.7. The van der Waals surface area contributed by atoms with Crippen LogP contribution in [0.5, 0.6) is 0 Å². The third-order valence-electron chi connectivity index (χ3n) is 4.04. The van der Waals surface area contributed by atoms with E-state index in [9.17, 15) is 4.39 Å². The minimum atomic E-state index is -0.238. The number of ether oxygens (including phenoxy) is 1. The molecule has 0 aliphatic carbocycles. The summed E-state index contributed by atoms with van der Waals surface area (Å²) in [4.78, 5) is 12.0. The average Bonchev–Trinajstić information content (AvgIpc) is 3.08. The number of halogens is 1. The van der Waals surface area contributed by atoms with Crippen molar-refractivity contribution < 1.29 is 9.13 Å². The van der Waals surface area contributed by atoms with Gasteiger partial charge in [0.25, 0.3) is 0 Å². The van der Waals surface area contributed by atoms with Crippen LogP contribution in [-0.4, -0.2) is 36.3 Å². The summed E-state index contributed by atoms with van der Waals surface area (Å²) in [6, 6.07) is 6.90. The van der Waals surface area contributed by atoms with E-state index in [-0.39, 0.29) is 5.82 Å². The van der Waals surface area contributed by atoms with Crippen LogP contribution in [0.2, 0.25) is 0 Å². The van der Waals surface area contributed by atoms with Crippen molar-refractivity contribution in [3.8, 4) is 0 Å². The van der Waals surface area contributed by atoms with Crippen molar-refractivity contribution in [1.82, 2.24) is 9.97 Å². The Morgan fingerprint density at radius 2 is 2.12 bits per heavy atom. The number of fused-ring (bicyclic) bond motifs is 1. The van der Waals surface area contributed by atoms with Gasteiger partial charge in [0, 0.05) is 36.9 Å². The molecule has 1 saturated heterocycles. The number of rotatable bonds is 4. The first kappa shape index (κ1) is 15.3. The van der Waals surface area contributed by atoms with E-state index in [0.29, 0.717) is 25.7 Å². The maximum absolute atomic E-state index is 13.7. The van der Waals surface area contributed by atoms with Gasteiger partial charge in [0.2, 0.25) is 5.95 Å². The Labute approximate surface area is 143 Å². The molecule has 1 aliphatic rings. The summed E-state index contributed by atoms with van der Waals surface area (Å²) >= 11 is 1.58. The van der Waals surface area contributed by atoms with Gasteiger partial charge in [-0.15, -0.1) is 11.3 Å². The molecule has 1 N–H and O–H groups in total. The van der Waals surface area contributed by atoms with Gasteiger partial charge in [-0.05, 0) is 35.2 Å². The Kier molecular flexibility index (Phi) is 4.27. The molecule has 2 aromatic heterocycles. The number of aromatic nitrogens is 2. The summed E-state index contributed by atoms with van der Waals surface area (Å²) < 4.78 is 19.1. The highest BCUT2D eigenvalue weighted by molar-refractivity contribution is 7.16. The second-order valence-corrected chi connectivity index (χ2v) is 6.50. The molecule has 0 radical (unpaired) electrons. The quantitative estimate of drug-likeness (QED) is 0.787. The van der Waals surface area contributed by atoms with E-state index in [4.69, 9.17) is 4.74 Å². The zero-order valence-electron chi connectivity index (χ0n) is 13.0. The summed E-state index contributed by atoms with van der Waals surface area (Å²) in [5, 5.41) is 6.23. The lowest BCUT2D eigenvalue weighted by atomic mass is 10.1. The molecule has 3 heterocycles. The first-order valence-corrected chi connectivity index (χ1v) is 8.73. The molecule has 24 heavy (non-hydrogen) atoms. The van der Waals surface area contributed by atoms with Gasteiger partial charge >= 0.3 is 0 Å². The molecule has 1 aliphatic heterocycles. The molecule has 0 amide bonds. The van der Waals surface area contributed by atoms with Crippen LogP contribution in [0.25, 0.3) is 10.2 Å². The van der Waals surface area contributed by atoms with Crippen molar-refractivity contribution in [3.63, 3.8) is 0 Å². The molecule has 4 rings (SSSR count). The number of nitrogens with one attached hydrogen (secondary N) is 1. The van der Waals surface area contributed by atoms with E-state index < -0.39 is 0 Å². The fourth-order valence-electron chi connectivity index (χ4n) is 2.82. The fraction of sp³-hybridized carbons (Fsp3) is 0.294. The second-order valence-electron chi connectivity index (χ2n) is 5.60. The van der Waals surface area contributed by atoms with Gasteiger partial charge < -0.3 is 15.0 Å². The average molecular weight is 344 g/mol. The van der Waals surface area contributed by atoms with Gasteiger partial charge in [-0.1, -0.05) is 0 Å². The normalized spacial score (nSPS) is 15.0. The number of thiophene rings is 1. The van der Waals surface area contributed by atoms with Crippen LogP contribution in [0.3, 0.4) is 0 Å². The van der Waals surface area contributed by atoms with Crippen LogP contribution in [0, 0.1) is 5.82 Å². The first-order chi connectivity index (χ1) is 11.8. The monoisotopic (exact) mass is 344 g/mol. The molecule has 7 heteroatoms. The van der Waals surface area contributed by atoms with Crippen molar-refractivity contribution in [2.75, 3.05) is 36.5 Å². The summed E-state index contributed by atoms with van der Waals surface area (Å²) in [6.45, 7) is 3.50. The lowest BCUT2D eigenvalue weighted by Gasteiger charge is -2.30. The molecule has 124 valence electrons. The van der Waals surface area contributed by atoms with Crippen molar-refractivity contribution in [2.45, 2.75) is 6.54 Å². The molecule has 0 unspecified atom stereocenters. The summed E-state index contributed by atoms with van der Waals surface area (Å²) in [5.41, 5.74) is 1.93. The van der Waals surface area contributed by atoms with E-state index in [1.807, 2.05) is 17.5 Å². The largest absolute Gasteiger partial charge is 0.378 e.